The number of aromatic nitrogens is 2. The van der Waals surface area contributed by atoms with E-state index in [9.17, 15) is 0 Å². The lowest BCUT2D eigenvalue weighted by Gasteiger charge is -2.00. The number of nitrogens with zero attached hydrogens (tertiary/aromatic N) is 2. The third-order valence-corrected chi connectivity index (χ3v) is 2.37. The van der Waals surface area contributed by atoms with E-state index >= 15 is 0 Å². The van der Waals surface area contributed by atoms with E-state index in [1.165, 1.54) is 0 Å². The summed E-state index contributed by atoms with van der Waals surface area (Å²) >= 11 is 0. The zero-order valence-corrected chi connectivity index (χ0v) is 9.75. The molecule has 0 aliphatic carbocycles. The van der Waals surface area contributed by atoms with Crippen LogP contribution in [0.4, 0.5) is 0 Å². The monoisotopic (exact) mass is 205 g/mol. The molecule has 0 saturated carbocycles. The molecule has 0 saturated heterocycles. The predicted molar refractivity (Wildman–Crippen MR) is 62.4 cm³/mol. The maximum atomic E-state index is 5.74. The van der Waals surface area contributed by atoms with Crippen molar-refractivity contribution in [3.8, 4) is 11.8 Å². The summed E-state index contributed by atoms with van der Waals surface area (Å²) in [6, 6.07) is -0.0288. The number of aryl methyl sites for hydroxylation is 1. The fourth-order valence-electron chi connectivity index (χ4n) is 1.28. The maximum absolute atomic E-state index is 5.74. The molecule has 1 rings (SSSR count). The first-order chi connectivity index (χ1) is 7.19. The summed E-state index contributed by atoms with van der Waals surface area (Å²) < 4.78 is 1.99. The average molecular weight is 205 g/mol. The molecule has 15 heavy (non-hydrogen) atoms. The minimum absolute atomic E-state index is 0.0288. The van der Waals surface area contributed by atoms with Gasteiger partial charge in [0.2, 0.25) is 0 Å². The quantitative estimate of drug-likeness (QED) is 0.763. The number of hydrogen-bond donors (Lipinski definition) is 1. The van der Waals surface area contributed by atoms with E-state index in [0.29, 0.717) is 0 Å². The van der Waals surface area contributed by atoms with Crippen molar-refractivity contribution in [1.82, 2.24) is 9.78 Å². The SMILES string of the molecule is CCCn1ncc(C#CC(N)CC)c1C. The van der Waals surface area contributed by atoms with E-state index in [4.69, 9.17) is 5.73 Å². The highest BCUT2D eigenvalue weighted by Gasteiger charge is 2.02. The molecule has 2 N–H and O–H groups in total. The number of hydrogen-bond acceptors (Lipinski definition) is 2. The van der Waals surface area contributed by atoms with Gasteiger partial charge in [-0.3, -0.25) is 4.68 Å². The Bertz CT molecular complexity index is 368. The van der Waals surface area contributed by atoms with Gasteiger partial charge in [-0.05, 0) is 19.8 Å². The molecule has 1 unspecified atom stereocenters. The van der Waals surface area contributed by atoms with Crippen molar-refractivity contribution in [2.24, 2.45) is 5.73 Å². The van der Waals surface area contributed by atoms with Gasteiger partial charge in [-0.25, -0.2) is 0 Å². The maximum Gasteiger partial charge on any atom is 0.0665 e. The van der Waals surface area contributed by atoms with Crippen molar-refractivity contribution in [3.05, 3.63) is 17.5 Å². The molecule has 1 atom stereocenters. The molecule has 3 nitrogen and oxygen atoms in total. The van der Waals surface area contributed by atoms with Gasteiger partial charge in [0.1, 0.15) is 0 Å². The van der Waals surface area contributed by atoms with Gasteiger partial charge in [-0.1, -0.05) is 25.7 Å². The molecule has 0 amide bonds. The van der Waals surface area contributed by atoms with Gasteiger partial charge in [0, 0.05) is 6.54 Å². The highest BCUT2D eigenvalue weighted by atomic mass is 15.3. The lowest BCUT2D eigenvalue weighted by molar-refractivity contribution is 0.587. The van der Waals surface area contributed by atoms with Crippen molar-refractivity contribution in [2.75, 3.05) is 0 Å². The summed E-state index contributed by atoms with van der Waals surface area (Å²) in [5.41, 5.74) is 7.86. The summed E-state index contributed by atoms with van der Waals surface area (Å²) in [6.45, 7) is 7.17. The topological polar surface area (TPSA) is 43.8 Å². The van der Waals surface area contributed by atoms with Crippen molar-refractivity contribution in [1.29, 1.82) is 0 Å². The summed E-state index contributed by atoms with van der Waals surface area (Å²) in [6.07, 6.45) is 3.79. The van der Waals surface area contributed by atoms with Gasteiger partial charge < -0.3 is 5.73 Å². The van der Waals surface area contributed by atoms with E-state index in [1.807, 2.05) is 24.7 Å². The Balaban J connectivity index is 2.81. The smallest absolute Gasteiger partial charge is 0.0665 e. The molecule has 0 fully saturated rings. The fourth-order valence-corrected chi connectivity index (χ4v) is 1.28. The van der Waals surface area contributed by atoms with Gasteiger partial charge >= 0.3 is 0 Å². The van der Waals surface area contributed by atoms with E-state index in [2.05, 4.69) is 23.9 Å². The van der Waals surface area contributed by atoms with E-state index in [1.54, 1.807) is 0 Å². The Labute approximate surface area is 91.7 Å². The standard InChI is InChI=1S/C12H19N3/c1-4-8-15-10(3)11(9-14-15)6-7-12(13)5-2/h9,12H,4-5,8,13H2,1-3H3. The lowest BCUT2D eigenvalue weighted by atomic mass is 10.2. The second-order valence-corrected chi connectivity index (χ2v) is 3.65. The van der Waals surface area contributed by atoms with Gasteiger partial charge in [-0.15, -0.1) is 0 Å². The first-order valence-corrected chi connectivity index (χ1v) is 5.48. The van der Waals surface area contributed by atoms with Crippen LogP contribution in [0.25, 0.3) is 0 Å². The Morgan fingerprint density at radius 2 is 2.27 bits per heavy atom. The van der Waals surface area contributed by atoms with Crippen molar-refractivity contribution in [2.45, 2.75) is 46.2 Å². The van der Waals surface area contributed by atoms with Gasteiger partial charge in [0.15, 0.2) is 0 Å². The molecule has 0 aliphatic rings. The summed E-state index contributed by atoms with van der Waals surface area (Å²) in [4.78, 5) is 0. The van der Waals surface area contributed by atoms with E-state index in [-0.39, 0.29) is 6.04 Å². The number of nitrogens with two attached hydrogens (primary N) is 1. The highest BCUT2D eigenvalue weighted by Crippen LogP contribution is 2.05. The Morgan fingerprint density at radius 1 is 1.53 bits per heavy atom. The second-order valence-electron chi connectivity index (χ2n) is 3.65. The first-order valence-electron chi connectivity index (χ1n) is 5.48. The van der Waals surface area contributed by atoms with Gasteiger partial charge in [-0.2, -0.15) is 5.10 Å². The molecule has 0 aliphatic heterocycles. The largest absolute Gasteiger partial charge is 0.318 e. The molecular formula is C12H19N3. The molecule has 82 valence electrons. The zero-order valence-electron chi connectivity index (χ0n) is 9.75. The van der Waals surface area contributed by atoms with Crippen LogP contribution in [0.2, 0.25) is 0 Å². The van der Waals surface area contributed by atoms with Gasteiger partial charge in [0.25, 0.3) is 0 Å². The highest BCUT2D eigenvalue weighted by molar-refractivity contribution is 5.36. The molecule has 1 aromatic heterocycles. The van der Waals surface area contributed by atoms with Gasteiger partial charge in [0.05, 0.1) is 23.5 Å². The van der Waals surface area contributed by atoms with Crippen molar-refractivity contribution in [3.63, 3.8) is 0 Å². The summed E-state index contributed by atoms with van der Waals surface area (Å²) in [5, 5.41) is 4.28. The van der Waals surface area contributed by atoms with Crippen LogP contribution in [0.5, 0.6) is 0 Å². The third kappa shape index (κ3) is 3.10. The van der Waals surface area contributed by atoms with E-state index < -0.39 is 0 Å². The molecule has 0 radical (unpaired) electrons. The molecule has 0 aromatic carbocycles. The first kappa shape index (κ1) is 11.8. The minimum Gasteiger partial charge on any atom is -0.318 e. The molecule has 0 bridgehead atoms. The van der Waals surface area contributed by atoms with Crippen LogP contribution in [0.3, 0.4) is 0 Å². The van der Waals surface area contributed by atoms with Crippen LogP contribution in [0.15, 0.2) is 6.20 Å². The third-order valence-electron chi connectivity index (χ3n) is 2.37. The molecule has 1 aromatic rings. The molecule has 1 heterocycles. The van der Waals surface area contributed by atoms with Crippen molar-refractivity contribution >= 4 is 0 Å². The van der Waals surface area contributed by atoms with Crippen LogP contribution in [-0.2, 0) is 6.54 Å². The molecular weight excluding hydrogens is 186 g/mol. The second kappa shape index (κ2) is 5.57. The van der Waals surface area contributed by atoms with Crippen LogP contribution < -0.4 is 5.73 Å². The Hall–Kier alpha value is -1.27. The average Bonchev–Trinajstić information content (AvgIpc) is 2.58. The predicted octanol–water partition coefficient (Wildman–Crippen LogP) is 1.69. The van der Waals surface area contributed by atoms with Crippen LogP contribution in [-0.4, -0.2) is 15.8 Å². The zero-order chi connectivity index (χ0) is 11.3. The summed E-state index contributed by atoms with van der Waals surface area (Å²) in [7, 11) is 0. The van der Waals surface area contributed by atoms with Crippen LogP contribution in [0, 0.1) is 18.8 Å². The lowest BCUT2D eigenvalue weighted by Crippen LogP contribution is -2.15. The van der Waals surface area contributed by atoms with Crippen LogP contribution in [0.1, 0.15) is 37.9 Å². The van der Waals surface area contributed by atoms with E-state index in [0.717, 1.165) is 30.6 Å². The molecule has 0 spiro atoms. The Morgan fingerprint density at radius 3 is 2.87 bits per heavy atom. The number of rotatable bonds is 3. The normalized spacial score (nSPS) is 12.0. The minimum atomic E-state index is -0.0288. The molecule has 3 heteroatoms. The van der Waals surface area contributed by atoms with Crippen LogP contribution >= 0.6 is 0 Å². The Kier molecular flexibility index (Phi) is 4.38. The summed E-state index contributed by atoms with van der Waals surface area (Å²) in [5.74, 6) is 6.10. The van der Waals surface area contributed by atoms with Crippen molar-refractivity contribution < 1.29 is 0 Å². The fraction of sp³-hybridized carbons (Fsp3) is 0.583.